The second kappa shape index (κ2) is 35.3. The van der Waals surface area contributed by atoms with Crippen molar-refractivity contribution in [3.63, 3.8) is 0 Å². The van der Waals surface area contributed by atoms with E-state index in [4.69, 9.17) is 0 Å². The largest absolute Gasteiger partial charge is 0.303 e. The van der Waals surface area contributed by atoms with Crippen LogP contribution in [0.15, 0.2) is 0 Å². The summed E-state index contributed by atoms with van der Waals surface area (Å²) >= 11 is 0. The molecule has 2 unspecified atom stereocenters. The van der Waals surface area contributed by atoms with Crippen LogP contribution in [0.1, 0.15) is 247 Å². The summed E-state index contributed by atoms with van der Waals surface area (Å²) in [7, 11) is 0. The van der Waals surface area contributed by atoms with Gasteiger partial charge in [-0.2, -0.15) is 5.26 Å². The Hall–Kier alpha value is -0.550. The van der Waals surface area contributed by atoms with Crippen LogP contribution < -0.4 is 0 Å². The molecule has 0 aromatic heterocycles. The molecule has 0 N–H and O–H groups in total. The number of unbranched alkanes of at least 4 members (excludes halogenated alkanes) is 20. The SMILES string of the molecule is CCCCCCCCC(CCCCCC)C(C#N)(CCCCCCN(CCC)CCCC)C(CCCCCC)CCCCCCCC. The quantitative estimate of drug-likeness (QED) is 0.0617. The van der Waals surface area contributed by atoms with E-state index < -0.39 is 0 Å². The van der Waals surface area contributed by atoms with Gasteiger partial charge >= 0.3 is 0 Å². The molecule has 0 aliphatic heterocycles. The van der Waals surface area contributed by atoms with E-state index in [1.807, 2.05) is 0 Å². The molecule has 2 nitrogen and oxygen atoms in total. The maximum Gasteiger partial charge on any atom is 0.0695 e. The second-order valence-electron chi connectivity index (χ2n) is 15.7. The predicted octanol–water partition coefficient (Wildman–Crippen LogP) is 15.6. The first kappa shape index (κ1) is 46.5. The molecule has 0 spiro atoms. The summed E-state index contributed by atoms with van der Waals surface area (Å²) in [5.74, 6) is 1.20. The van der Waals surface area contributed by atoms with Crippen molar-refractivity contribution < 1.29 is 0 Å². The van der Waals surface area contributed by atoms with Gasteiger partial charge in [0, 0.05) is 0 Å². The van der Waals surface area contributed by atoms with Crippen LogP contribution in [0, 0.1) is 28.6 Å². The Morgan fingerprint density at radius 3 is 1.13 bits per heavy atom. The third kappa shape index (κ3) is 24.3. The monoisotopic (exact) mass is 659 g/mol. The fraction of sp³-hybridized carbons (Fsp3) is 0.978. The molecule has 0 aliphatic carbocycles. The molecular weight excluding hydrogens is 569 g/mol. The Balaban J connectivity index is 5.90. The highest BCUT2D eigenvalue weighted by Gasteiger charge is 2.44. The molecule has 2 heteroatoms. The average molecular weight is 659 g/mol. The number of nitrogens with zero attached hydrogens (tertiary/aromatic N) is 2. The maximum absolute atomic E-state index is 11.4. The molecule has 0 bridgehead atoms. The van der Waals surface area contributed by atoms with Crippen LogP contribution in [-0.4, -0.2) is 24.5 Å². The summed E-state index contributed by atoms with van der Waals surface area (Å²) in [5.41, 5.74) is -0.110. The van der Waals surface area contributed by atoms with Crippen molar-refractivity contribution in [1.82, 2.24) is 4.90 Å². The molecular formula is C45H90N2. The fourth-order valence-electron chi connectivity index (χ4n) is 8.42. The average Bonchev–Trinajstić information content (AvgIpc) is 3.08. The van der Waals surface area contributed by atoms with Gasteiger partial charge in [0.25, 0.3) is 0 Å². The van der Waals surface area contributed by atoms with E-state index in [0.29, 0.717) is 11.8 Å². The first-order chi connectivity index (χ1) is 23.1. The highest BCUT2D eigenvalue weighted by molar-refractivity contribution is 5.07. The molecule has 0 heterocycles. The molecule has 0 saturated carbocycles. The third-order valence-corrected chi connectivity index (χ3v) is 11.5. The van der Waals surface area contributed by atoms with Crippen LogP contribution >= 0.6 is 0 Å². The molecule has 0 aliphatic rings. The van der Waals surface area contributed by atoms with Gasteiger partial charge in [-0.3, -0.25) is 0 Å². The van der Waals surface area contributed by atoms with Gasteiger partial charge < -0.3 is 4.90 Å². The zero-order valence-electron chi connectivity index (χ0n) is 33.8. The van der Waals surface area contributed by atoms with Gasteiger partial charge in [-0.25, -0.2) is 0 Å². The highest BCUT2D eigenvalue weighted by Crippen LogP contribution is 2.49. The van der Waals surface area contributed by atoms with Gasteiger partial charge in [0.1, 0.15) is 0 Å². The van der Waals surface area contributed by atoms with Gasteiger partial charge in [0.05, 0.1) is 11.5 Å². The fourth-order valence-corrected chi connectivity index (χ4v) is 8.42. The minimum absolute atomic E-state index is 0.110. The molecule has 280 valence electrons. The van der Waals surface area contributed by atoms with Crippen molar-refractivity contribution in [2.24, 2.45) is 17.3 Å². The minimum Gasteiger partial charge on any atom is -0.303 e. The summed E-state index contributed by atoms with van der Waals surface area (Å²) in [6, 6.07) is 3.26. The van der Waals surface area contributed by atoms with Crippen LogP contribution in [0.3, 0.4) is 0 Å². The molecule has 0 fully saturated rings. The van der Waals surface area contributed by atoms with E-state index in [1.54, 1.807) is 0 Å². The van der Waals surface area contributed by atoms with Crippen molar-refractivity contribution in [3.8, 4) is 6.07 Å². The first-order valence-corrected chi connectivity index (χ1v) is 22.2. The van der Waals surface area contributed by atoms with Crippen LogP contribution in [0.2, 0.25) is 0 Å². The second-order valence-corrected chi connectivity index (χ2v) is 15.7. The highest BCUT2D eigenvalue weighted by atomic mass is 15.1. The summed E-state index contributed by atoms with van der Waals surface area (Å²) in [6.07, 6.45) is 42.7. The lowest BCUT2D eigenvalue weighted by Crippen LogP contribution is -2.38. The van der Waals surface area contributed by atoms with Gasteiger partial charge in [0.15, 0.2) is 0 Å². The van der Waals surface area contributed by atoms with E-state index in [1.165, 1.54) is 225 Å². The zero-order valence-corrected chi connectivity index (χ0v) is 33.8. The molecule has 0 aromatic carbocycles. The molecule has 0 saturated heterocycles. The third-order valence-electron chi connectivity index (χ3n) is 11.5. The van der Waals surface area contributed by atoms with Crippen LogP contribution in [0.4, 0.5) is 0 Å². The Morgan fingerprint density at radius 2 is 0.723 bits per heavy atom. The Labute approximate surface area is 299 Å². The van der Waals surface area contributed by atoms with Crippen molar-refractivity contribution in [3.05, 3.63) is 0 Å². The van der Waals surface area contributed by atoms with E-state index >= 15 is 0 Å². The lowest BCUT2D eigenvalue weighted by molar-refractivity contribution is 0.0833. The molecule has 0 aromatic rings. The van der Waals surface area contributed by atoms with Gasteiger partial charge in [-0.15, -0.1) is 0 Å². The Kier molecular flexibility index (Phi) is 34.9. The smallest absolute Gasteiger partial charge is 0.0695 e. The lowest BCUT2D eigenvalue weighted by Gasteiger charge is -2.43. The van der Waals surface area contributed by atoms with Crippen LogP contribution in [0.25, 0.3) is 0 Å². The van der Waals surface area contributed by atoms with Gasteiger partial charge in [0.2, 0.25) is 0 Å². The molecule has 0 radical (unpaired) electrons. The molecule has 2 atom stereocenters. The molecule has 47 heavy (non-hydrogen) atoms. The molecule has 0 rings (SSSR count). The van der Waals surface area contributed by atoms with Crippen molar-refractivity contribution in [1.29, 1.82) is 5.26 Å². The normalized spacial score (nSPS) is 14.3. The predicted molar refractivity (Wildman–Crippen MR) is 213 cm³/mol. The molecule has 0 amide bonds. The number of hydrogen-bond donors (Lipinski definition) is 0. The number of hydrogen-bond acceptors (Lipinski definition) is 2. The summed E-state index contributed by atoms with van der Waals surface area (Å²) < 4.78 is 0. The first-order valence-electron chi connectivity index (χ1n) is 22.2. The summed E-state index contributed by atoms with van der Waals surface area (Å²) in [6.45, 7) is 17.8. The Bertz CT molecular complexity index is 619. The summed E-state index contributed by atoms with van der Waals surface area (Å²) in [4.78, 5) is 2.71. The van der Waals surface area contributed by atoms with E-state index in [-0.39, 0.29) is 5.41 Å². The van der Waals surface area contributed by atoms with Crippen molar-refractivity contribution in [2.45, 2.75) is 247 Å². The zero-order chi connectivity index (χ0) is 34.7. The van der Waals surface area contributed by atoms with Crippen molar-refractivity contribution in [2.75, 3.05) is 19.6 Å². The van der Waals surface area contributed by atoms with E-state index in [9.17, 15) is 5.26 Å². The van der Waals surface area contributed by atoms with Gasteiger partial charge in [-0.1, -0.05) is 196 Å². The number of rotatable bonds is 38. The van der Waals surface area contributed by atoms with Gasteiger partial charge in [-0.05, 0) is 82.8 Å². The van der Waals surface area contributed by atoms with E-state index in [0.717, 1.165) is 0 Å². The standard InChI is InChI=1S/C45H90N2/c1-7-13-18-22-24-30-36-43(34-28-20-15-9-3)45(42-46,38-32-26-27-33-41-47(39-12-6)40-17-11-5)44(35-29-21-16-10-4)37-31-25-23-19-14-8-2/h43-44H,7-41H2,1-6H3. The maximum atomic E-state index is 11.4. The van der Waals surface area contributed by atoms with Crippen LogP contribution in [0.5, 0.6) is 0 Å². The minimum atomic E-state index is -0.110. The number of nitriles is 1. The Morgan fingerprint density at radius 1 is 0.383 bits per heavy atom. The van der Waals surface area contributed by atoms with Crippen molar-refractivity contribution >= 4 is 0 Å². The topological polar surface area (TPSA) is 27.0 Å². The summed E-state index contributed by atoms with van der Waals surface area (Å²) in [5, 5.41) is 11.4. The van der Waals surface area contributed by atoms with Crippen LogP contribution in [-0.2, 0) is 0 Å². The lowest BCUT2D eigenvalue weighted by atomic mass is 9.59. The van der Waals surface area contributed by atoms with E-state index in [2.05, 4.69) is 52.5 Å².